The van der Waals surface area contributed by atoms with E-state index in [0.29, 0.717) is 28.9 Å². The number of ether oxygens (including phenoxy) is 1. The summed E-state index contributed by atoms with van der Waals surface area (Å²) in [6.07, 6.45) is 5.00. The Morgan fingerprint density at radius 2 is 2.17 bits per heavy atom. The fourth-order valence-corrected chi connectivity index (χ4v) is 2.42. The second-order valence-electron chi connectivity index (χ2n) is 5.62. The van der Waals surface area contributed by atoms with E-state index in [4.69, 9.17) is 4.74 Å². The van der Waals surface area contributed by atoms with E-state index in [1.807, 2.05) is 26.0 Å². The van der Waals surface area contributed by atoms with Crippen LogP contribution in [0.1, 0.15) is 31.1 Å². The molecule has 0 radical (unpaired) electrons. The third-order valence-corrected chi connectivity index (χ3v) is 3.44. The van der Waals surface area contributed by atoms with Crippen LogP contribution in [0, 0.1) is 0 Å². The third kappa shape index (κ3) is 3.05. The molecule has 2 N–H and O–H groups in total. The summed E-state index contributed by atoms with van der Waals surface area (Å²) in [5.74, 6) is -0.412. The first kappa shape index (κ1) is 15.9. The van der Waals surface area contributed by atoms with Gasteiger partial charge in [-0.2, -0.15) is 5.10 Å². The van der Waals surface area contributed by atoms with Crippen molar-refractivity contribution in [2.75, 3.05) is 11.9 Å². The molecule has 0 aromatic carbocycles. The smallest absolute Gasteiger partial charge is 0.341 e. The Kier molecular flexibility index (Phi) is 4.41. The van der Waals surface area contributed by atoms with Gasteiger partial charge in [-0.05, 0) is 32.9 Å². The van der Waals surface area contributed by atoms with Crippen molar-refractivity contribution in [1.29, 1.82) is 0 Å². The fourth-order valence-electron chi connectivity index (χ4n) is 2.42. The highest BCUT2D eigenvalue weighted by molar-refractivity contribution is 6.03. The molecule has 3 rings (SSSR count). The lowest BCUT2D eigenvalue weighted by Crippen LogP contribution is -2.16. The number of H-pyrrole nitrogens is 1. The van der Waals surface area contributed by atoms with Crippen LogP contribution in [0.25, 0.3) is 22.3 Å². The third-order valence-electron chi connectivity index (χ3n) is 3.44. The van der Waals surface area contributed by atoms with Crippen molar-refractivity contribution in [2.24, 2.45) is 0 Å². The number of hydrogen-bond donors (Lipinski definition) is 2. The van der Waals surface area contributed by atoms with Gasteiger partial charge in [-0.1, -0.05) is 0 Å². The maximum Gasteiger partial charge on any atom is 0.341 e. The predicted octanol–water partition coefficient (Wildman–Crippen LogP) is 3.02. The zero-order valence-corrected chi connectivity index (χ0v) is 13.8. The minimum absolute atomic E-state index is 0.128. The summed E-state index contributed by atoms with van der Waals surface area (Å²) in [5.41, 5.74) is 3.99. The Balaban J connectivity index is 2.20. The number of carbonyl (C=O) groups excluding carboxylic acids is 1. The number of aromatic nitrogens is 4. The van der Waals surface area contributed by atoms with Crippen LogP contribution in [-0.2, 0) is 4.74 Å². The van der Waals surface area contributed by atoms with Gasteiger partial charge in [0, 0.05) is 24.0 Å². The van der Waals surface area contributed by atoms with E-state index >= 15 is 0 Å². The SMILES string of the molecule is CCOC(=O)c1cnc2ccc(-c3cn[nH]c3)nc2c1NC(C)C. The average Bonchev–Trinajstić information content (AvgIpc) is 3.09. The molecular formula is C17H19N5O2. The summed E-state index contributed by atoms with van der Waals surface area (Å²) < 4.78 is 5.14. The predicted molar refractivity (Wildman–Crippen MR) is 91.8 cm³/mol. The van der Waals surface area contributed by atoms with Crippen LogP contribution in [0.2, 0.25) is 0 Å². The van der Waals surface area contributed by atoms with E-state index in [-0.39, 0.29) is 6.04 Å². The van der Waals surface area contributed by atoms with Crippen molar-refractivity contribution in [3.63, 3.8) is 0 Å². The number of anilines is 1. The van der Waals surface area contributed by atoms with Gasteiger partial charge in [-0.25, -0.2) is 9.78 Å². The van der Waals surface area contributed by atoms with Crippen molar-refractivity contribution in [3.05, 3.63) is 36.3 Å². The largest absolute Gasteiger partial charge is 0.462 e. The summed E-state index contributed by atoms with van der Waals surface area (Å²) in [4.78, 5) is 21.3. The Morgan fingerprint density at radius 1 is 1.33 bits per heavy atom. The van der Waals surface area contributed by atoms with Gasteiger partial charge in [0.2, 0.25) is 0 Å². The van der Waals surface area contributed by atoms with Gasteiger partial charge < -0.3 is 10.1 Å². The zero-order valence-electron chi connectivity index (χ0n) is 13.8. The first-order valence-corrected chi connectivity index (χ1v) is 7.82. The number of rotatable bonds is 5. The second-order valence-corrected chi connectivity index (χ2v) is 5.62. The lowest BCUT2D eigenvalue weighted by Gasteiger charge is -2.16. The molecule has 3 aromatic heterocycles. The number of esters is 1. The Morgan fingerprint density at radius 3 is 2.83 bits per heavy atom. The summed E-state index contributed by atoms with van der Waals surface area (Å²) in [6, 6.07) is 3.89. The van der Waals surface area contributed by atoms with Crippen LogP contribution in [0.4, 0.5) is 5.69 Å². The molecule has 0 amide bonds. The molecule has 0 fully saturated rings. The maximum absolute atomic E-state index is 12.3. The van der Waals surface area contributed by atoms with Crippen LogP contribution < -0.4 is 5.32 Å². The average molecular weight is 325 g/mol. The van der Waals surface area contributed by atoms with E-state index in [1.165, 1.54) is 6.20 Å². The molecule has 124 valence electrons. The number of carbonyl (C=O) groups is 1. The highest BCUT2D eigenvalue weighted by atomic mass is 16.5. The van der Waals surface area contributed by atoms with Gasteiger partial charge in [-0.15, -0.1) is 0 Å². The molecule has 0 aliphatic heterocycles. The molecule has 0 atom stereocenters. The van der Waals surface area contributed by atoms with Gasteiger partial charge in [0.05, 0.1) is 29.7 Å². The normalized spacial score (nSPS) is 11.0. The lowest BCUT2D eigenvalue weighted by atomic mass is 10.1. The highest BCUT2D eigenvalue weighted by Gasteiger charge is 2.19. The molecule has 0 saturated carbocycles. The van der Waals surface area contributed by atoms with Crippen LogP contribution in [0.15, 0.2) is 30.7 Å². The minimum Gasteiger partial charge on any atom is -0.462 e. The summed E-state index contributed by atoms with van der Waals surface area (Å²) >= 11 is 0. The molecule has 3 heterocycles. The molecule has 7 heteroatoms. The summed E-state index contributed by atoms with van der Waals surface area (Å²) in [7, 11) is 0. The zero-order chi connectivity index (χ0) is 17.1. The molecule has 0 unspecified atom stereocenters. The molecule has 0 bridgehead atoms. The fraction of sp³-hybridized carbons (Fsp3) is 0.294. The van der Waals surface area contributed by atoms with Crippen LogP contribution >= 0.6 is 0 Å². The topological polar surface area (TPSA) is 92.8 Å². The number of nitrogens with one attached hydrogen (secondary N) is 2. The second kappa shape index (κ2) is 6.66. The quantitative estimate of drug-likeness (QED) is 0.701. The van der Waals surface area contributed by atoms with Gasteiger partial charge >= 0.3 is 5.97 Å². The standard InChI is InChI=1S/C17H19N5O2/c1-4-24-17(23)12-9-18-14-6-5-13(11-7-19-20-8-11)22-16(14)15(12)21-10(2)3/h5-10H,4H2,1-3H3,(H,18,21)(H,19,20). The Labute approximate surface area is 139 Å². The molecule has 0 spiro atoms. The number of pyridine rings is 2. The highest BCUT2D eigenvalue weighted by Crippen LogP contribution is 2.28. The molecule has 0 aliphatic carbocycles. The van der Waals surface area contributed by atoms with Crippen LogP contribution in [-0.4, -0.2) is 38.8 Å². The summed E-state index contributed by atoms with van der Waals surface area (Å²) in [5, 5.41) is 10.0. The van der Waals surface area contributed by atoms with Crippen molar-refractivity contribution in [2.45, 2.75) is 26.8 Å². The molecule has 3 aromatic rings. The molecular weight excluding hydrogens is 306 g/mol. The maximum atomic E-state index is 12.3. The van der Waals surface area contributed by atoms with Crippen LogP contribution in [0.3, 0.4) is 0 Å². The van der Waals surface area contributed by atoms with E-state index in [0.717, 1.165) is 11.3 Å². The van der Waals surface area contributed by atoms with E-state index in [1.54, 1.807) is 19.3 Å². The lowest BCUT2D eigenvalue weighted by molar-refractivity contribution is 0.0527. The van der Waals surface area contributed by atoms with E-state index in [9.17, 15) is 4.79 Å². The number of aromatic amines is 1. The first-order chi connectivity index (χ1) is 11.6. The van der Waals surface area contributed by atoms with Crippen molar-refractivity contribution < 1.29 is 9.53 Å². The van der Waals surface area contributed by atoms with E-state index < -0.39 is 5.97 Å². The van der Waals surface area contributed by atoms with Gasteiger partial charge in [0.25, 0.3) is 0 Å². The number of nitrogens with zero attached hydrogens (tertiary/aromatic N) is 3. The van der Waals surface area contributed by atoms with Gasteiger partial charge in [0.1, 0.15) is 11.1 Å². The number of hydrogen-bond acceptors (Lipinski definition) is 6. The molecule has 7 nitrogen and oxygen atoms in total. The van der Waals surface area contributed by atoms with Gasteiger partial charge in [-0.3, -0.25) is 10.1 Å². The van der Waals surface area contributed by atoms with Gasteiger partial charge in [0.15, 0.2) is 0 Å². The number of fused-ring (bicyclic) bond motifs is 1. The minimum atomic E-state index is -0.412. The molecule has 24 heavy (non-hydrogen) atoms. The first-order valence-electron chi connectivity index (χ1n) is 7.82. The van der Waals surface area contributed by atoms with Crippen molar-refractivity contribution >= 4 is 22.7 Å². The van der Waals surface area contributed by atoms with Crippen molar-refractivity contribution in [3.8, 4) is 11.3 Å². The van der Waals surface area contributed by atoms with Crippen LogP contribution in [0.5, 0.6) is 0 Å². The monoisotopic (exact) mass is 325 g/mol. The summed E-state index contributed by atoms with van der Waals surface area (Å²) in [6.45, 7) is 6.08. The Hall–Kier alpha value is -2.96. The molecule has 0 aliphatic rings. The van der Waals surface area contributed by atoms with Crippen molar-refractivity contribution in [1.82, 2.24) is 20.2 Å². The Bertz CT molecular complexity index is 859. The molecule has 0 saturated heterocycles. The van der Waals surface area contributed by atoms with E-state index in [2.05, 4.69) is 25.5 Å².